The first-order chi connectivity index (χ1) is 7.76. The van der Waals surface area contributed by atoms with E-state index >= 15 is 0 Å². The van der Waals surface area contributed by atoms with E-state index in [1.54, 1.807) is 7.05 Å². The van der Waals surface area contributed by atoms with Gasteiger partial charge in [-0.15, -0.1) is 0 Å². The fraction of sp³-hybridized carbons (Fsp3) is 0.417. The molecule has 1 atom stereocenters. The van der Waals surface area contributed by atoms with Gasteiger partial charge < -0.3 is 14.8 Å². The number of likely N-dealkylation sites (N-methyl/N-ethyl adjacent to an activating group) is 1. The Labute approximate surface area is 94.6 Å². The average molecular weight is 221 g/mol. The van der Waals surface area contributed by atoms with Gasteiger partial charge in [0.05, 0.1) is 0 Å². The second-order valence-corrected chi connectivity index (χ2v) is 3.64. The first-order valence-corrected chi connectivity index (χ1v) is 5.38. The van der Waals surface area contributed by atoms with Gasteiger partial charge in [-0.3, -0.25) is 4.79 Å². The van der Waals surface area contributed by atoms with Gasteiger partial charge in [0.25, 0.3) is 6.29 Å². The van der Waals surface area contributed by atoms with Crippen molar-refractivity contribution in [3.05, 3.63) is 24.3 Å². The minimum Gasteiger partial charge on any atom is -0.449 e. The normalized spacial score (nSPS) is 16.1. The highest BCUT2D eigenvalue weighted by Crippen LogP contribution is 2.34. The van der Waals surface area contributed by atoms with Crippen LogP contribution in [0, 0.1) is 0 Å². The van der Waals surface area contributed by atoms with Gasteiger partial charge in [-0.05, 0) is 19.2 Å². The third kappa shape index (κ3) is 1.88. The molecule has 1 heterocycles. The lowest BCUT2D eigenvalue weighted by atomic mass is 10.1. The number of benzene rings is 1. The SMILES string of the molecule is CCC(=O)C(NC)C1Oc2ccccc2O1. The van der Waals surface area contributed by atoms with Gasteiger partial charge in [0, 0.05) is 6.42 Å². The van der Waals surface area contributed by atoms with E-state index in [1.807, 2.05) is 31.2 Å². The molecule has 0 aromatic heterocycles. The third-order valence-electron chi connectivity index (χ3n) is 2.61. The largest absolute Gasteiger partial charge is 0.449 e. The Balaban J connectivity index is 2.12. The highest BCUT2D eigenvalue weighted by molar-refractivity contribution is 5.84. The molecule has 0 bridgehead atoms. The second kappa shape index (κ2) is 4.53. The Morgan fingerprint density at radius 2 is 1.94 bits per heavy atom. The van der Waals surface area contributed by atoms with Crippen molar-refractivity contribution in [3.63, 3.8) is 0 Å². The van der Waals surface area contributed by atoms with Crippen LogP contribution >= 0.6 is 0 Å². The molecular formula is C12H15NO3. The summed E-state index contributed by atoms with van der Waals surface area (Å²) < 4.78 is 11.2. The molecule has 1 N–H and O–H groups in total. The summed E-state index contributed by atoms with van der Waals surface area (Å²) in [5.74, 6) is 1.47. The number of carbonyl (C=O) groups excluding carboxylic acids is 1. The molecule has 0 saturated heterocycles. The van der Waals surface area contributed by atoms with E-state index in [-0.39, 0.29) is 5.78 Å². The van der Waals surface area contributed by atoms with Crippen LogP contribution in [0.4, 0.5) is 0 Å². The summed E-state index contributed by atoms with van der Waals surface area (Å²) in [4.78, 5) is 11.7. The Kier molecular flexibility index (Phi) is 3.10. The van der Waals surface area contributed by atoms with E-state index in [1.165, 1.54) is 0 Å². The Hall–Kier alpha value is -1.55. The Morgan fingerprint density at radius 1 is 1.38 bits per heavy atom. The number of hydrogen-bond acceptors (Lipinski definition) is 4. The van der Waals surface area contributed by atoms with Gasteiger partial charge in [-0.25, -0.2) is 0 Å². The zero-order valence-electron chi connectivity index (χ0n) is 9.40. The van der Waals surface area contributed by atoms with Gasteiger partial charge >= 0.3 is 0 Å². The van der Waals surface area contributed by atoms with E-state index in [0.29, 0.717) is 17.9 Å². The van der Waals surface area contributed by atoms with Crippen LogP contribution in [0.2, 0.25) is 0 Å². The maximum Gasteiger partial charge on any atom is 0.263 e. The minimum atomic E-state index is -0.560. The maximum atomic E-state index is 11.7. The van der Waals surface area contributed by atoms with E-state index in [9.17, 15) is 4.79 Å². The first kappa shape index (κ1) is 11.0. The van der Waals surface area contributed by atoms with Crippen molar-refractivity contribution in [2.45, 2.75) is 25.7 Å². The van der Waals surface area contributed by atoms with Crippen LogP contribution in [0.25, 0.3) is 0 Å². The highest BCUT2D eigenvalue weighted by atomic mass is 16.7. The van der Waals surface area contributed by atoms with Gasteiger partial charge in [0.15, 0.2) is 17.3 Å². The molecule has 2 rings (SSSR count). The van der Waals surface area contributed by atoms with Crippen molar-refractivity contribution < 1.29 is 14.3 Å². The number of ketones is 1. The lowest BCUT2D eigenvalue weighted by molar-refractivity contribution is -0.126. The first-order valence-electron chi connectivity index (χ1n) is 5.38. The molecule has 86 valence electrons. The van der Waals surface area contributed by atoms with Crippen LogP contribution in [-0.2, 0) is 4.79 Å². The molecule has 0 fully saturated rings. The standard InChI is InChI=1S/C12H15NO3/c1-3-8(14)11(13-2)12-15-9-6-4-5-7-10(9)16-12/h4-7,11-13H,3H2,1-2H3. The van der Waals surface area contributed by atoms with Crippen molar-refractivity contribution in [1.29, 1.82) is 0 Å². The van der Waals surface area contributed by atoms with Crippen LogP contribution in [0.5, 0.6) is 11.5 Å². The van der Waals surface area contributed by atoms with Crippen molar-refractivity contribution in [3.8, 4) is 11.5 Å². The molecule has 0 amide bonds. The predicted octanol–water partition coefficient (Wildman–Crippen LogP) is 1.35. The molecule has 0 radical (unpaired) electrons. The molecule has 4 heteroatoms. The Bertz CT molecular complexity index is 367. The maximum absolute atomic E-state index is 11.7. The van der Waals surface area contributed by atoms with Crippen LogP contribution in [0.1, 0.15) is 13.3 Å². The van der Waals surface area contributed by atoms with Crippen LogP contribution < -0.4 is 14.8 Å². The number of nitrogens with one attached hydrogen (secondary N) is 1. The summed E-state index contributed by atoms with van der Waals surface area (Å²) in [5, 5.41) is 2.93. The highest BCUT2D eigenvalue weighted by Gasteiger charge is 2.34. The number of hydrogen-bond donors (Lipinski definition) is 1. The molecule has 4 nitrogen and oxygen atoms in total. The summed E-state index contributed by atoms with van der Waals surface area (Å²) in [6.07, 6.45) is -0.0970. The second-order valence-electron chi connectivity index (χ2n) is 3.64. The molecule has 0 saturated carbocycles. The predicted molar refractivity (Wildman–Crippen MR) is 59.6 cm³/mol. The molecule has 0 aliphatic carbocycles. The lowest BCUT2D eigenvalue weighted by Crippen LogP contribution is -2.48. The molecule has 16 heavy (non-hydrogen) atoms. The third-order valence-corrected chi connectivity index (χ3v) is 2.61. The van der Waals surface area contributed by atoms with Crippen molar-refractivity contribution >= 4 is 5.78 Å². The Morgan fingerprint density at radius 3 is 2.38 bits per heavy atom. The topological polar surface area (TPSA) is 47.6 Å². The molecule has 1 aliphatic heterocycles. The number of para-hydroxylation sites is 2. The lowest BCUT2D eigenvalue weighted by Gasteiger charge is -2.19. The molecule has 0 spiro atoms. The smallest absolute Gasteiger partial charge is 0.263 e. The van der Waals surface area contributed by atoms with Crippen molar-refractivity contribution in [2.24, 2.45) is 0 Å². The van der Waals surface area contributed by atoms with E-state index < -0.39 is 12.3 Å². The molecule has 1 aliphatic rings. The summed E-state index contributed by atoms with van der Waals surface area (Å²) in [5.41, 5.74) is 0. The van der Waals surface area contributed by atoms with E-state index in [0.717, 1.165) is 0 Å². The van der Waals surface area contributed by atoms with Crippen molar-refractivity contribution in [2.75, 3.05) is 7.05 Å². The van der Waals surface area contributed by atoms with Crippen molar-refractivity contribution in [1.82, 2.24) is 5.32 Å². The summed E-state index contributed by atoms with van der Waals surface area (Å²) in [6.45, 7) is 1.83. The van der Waals surface area contributed by atoms with Gasteiger partial charge in [0.1, 0.15) is 6.04 Å². The average Bonchev–Trinajstić information content (AvgIpc) is 2.72. The summed E-state index contributed by atoms with van der Waals surface area (Å²) >= 11 is 0. The van der Waals surface area contributed by atoms with Gasteiger partial charge in [-0.2, -0.15) is 0 Å². The van der Waals surface area contributed by atoms with Gasteiger partial charge in [-0.1, -0.05) is 19.1 Å². The number of fused-ring (bicyclic) bond motifs is 1. The summed E-state index contributed by atoms with van der Waals surface area (Å²) in [6, 6.07) is 7.00. The molecule has 1 aromatic rings. The fourth-order valence-corrected chi connectivity index (χ4v) is 1.72. The number of rotatable bonds is 4. The van der Waals surface area contributed by atoms with Gasteiger partial charge in [0.2, 0.25) is 0 Å². The monoisotopic (exact) mass is 221 g/mol. The summed E-state index contributed by atoms with van der Waals surface area (Å²) in [7, 11) is 1.73. The quantitative estimate of drug-likeness (QED) is 0.833. The van der Waals surface area contributed by atoms with Crippen LogP contribution in [0.15, 0.2) is 24.3 Å². The van der Waals surface area contributed by atoms with E-state index in [4.69, 9.17) is 9.47 Å². The van der Waals surface area contributed by atoms with Crippen LogP contribution in [0.3, 0.4) is 0 Å². The van der Waals surface area contributed by atoms with Crippen LogP contribution in [-0.4, -0.2) is 25.2 Å². The molecular weight excluding hydrogens is 206 g/mol. The molecule has 1 unspecified atom stereocenters. The number of ether oxygens (including phenoxy) is 2. The number of carbonyl (C=O) groups is 1. The molecule has 1 aromatic carbocycles. The zero-order chi connectivity index (χ0) is 11.5. The fourth-order valence-electron chi connectivity index (χ4n) is 1.72. The zero-order valence-corrected chi connectivity index (χ0v) is 9.40. The number of Topliss-reactive ketones (excluding diaryl/α,β-unsaturated/α-hetero) is 1. The minimum absolute atomic E-state index is 0.0836. The van der Waals surface area contributed by atoms with E-state index in [2.05, 4.69) is 5.32 Å².